The molecule has 1 aromatic heterocycles. The second-order valence-corrected chi connectivity index (χ2v) is 3.57. The molecule has 2 unspecified atom stereocenters. The average molecular weight is 202 g/mol. The predicted molar refractivity (Wildman–Crippen MR) is 51.8 cm³/mol. The number of nitrogens with two attached hydrogens (primary N) is 1. The highest BCUT2D eigenvalue weighted by Crippen LogP contribution is 2.29. The maximum atomic E-state index is 9.80. The van der Waals surface area contributed by atoms with Crippen LogP contribution in [-0.2, 0) is 0 Å². The molecule has 74 valence electrons. The molecule has 0 saturated carbocycles. The van der Waals surface area contributed by atoms with Gasteiger partial charge in [-0.1, -0.05) is 6.92 Å². The molecule has 0 aromatic carbocycles. The third-order valence-electron chi connectivity index (χ3n) is 1.99. The summed E-state index contributed by atoms with van der Waals surface area (Å²) in [6.45, 7) is 2.34. The second kappa shape index (κ2) is 4.55. The third kappa shape index (κ3) is 2.18. The minimum Gasteiger partial charge on any atom is -0.480 e. The van der Waals surface area contributed by atoms with Crippen LogP contribution in [0.15, 0.2) is 5.38 Å². The van der Waals surface area contributed by atoms with Crippen LogP contribution < -0.4 is 10.5 Å². The molecule has 1 heterocycles. The molecule has 0 aliphatic carbocycles. The zero-order chi connectivity index (χ0) is 9.84. The second-order valence-electron chi connectivity index (χ2n) is 2.94. The summed E-state index contributed by atoms with van der Waals surface area (Å²) in [7, 11) is 1.54. The fourth-order valence-electron chi connectivity index (χ4n) is 1.02. The monoisotopic (exact) mass is 202 g/mol. The summed E-state index contributed by atoms with van der Waals surface area (Å²) < 4.78 is 8.99. The minimum atomic E-state index is -0.585. The normalized spacial score (nSPS) is 15.4. The first-order chi connectivity index (χ1) is 6.20. The number of hydrogen-bond acceptors (Lipinski definition) is 5. The van der Waals surface area contributed by atoms with Crippen molar-refractivity contribution in [1.82, 2.24) is 4.37 Å². The van der Waals surface area contributed by atoms with Crippen LogP contribution in [0.1, 0.15) is 18.6 Å². The smallest absolute Gasteiger partial charge is 0.230 e. The molecule has 1 rings (SSSR count). The maximum Gasteiger partial charge on any atom is 0.230 e. The van der Waals surface area contributed by atoms with Crippen molar-refractivity contribution in [1.29, 1.82) is 0 Å². The molecule has 1 aromatic rings. The summed E-state index contributed by atoms with van der Waals surface area (Å²) in [6, 6.07) is 0. The van der Waals surface area contributed by atoms with E-state index < -0.39 is 6.10 Å². The van der Waals surface area contributed by atoms with Crippen molar-refractivity contribution < 1.29 is 9.84 Å². The first-order valence-corrected chi connectivity index (χ1v) is 4.90. The summed E-state index contributed by atoms with van der Waals surface area (Å²) in [5, 5.41) is 11.6. The van der Waals surface area contributed by atoms with Crippen molar-refractivity contribution >= 4 is 11.5 Å². The van der Waals surface area contributed by atoms with Crippen LogP contribution in [-0.4, -0.2) is 23.1 Å². The van der Waals surface area contributed by atoms with Gasteiger partial charge >= 0.3 is 0 Å². The van der Waals surface area contributed by atoms with Crippen LogP contribution in [0.25, 0.3) is 0 Å². The van der Waals surface area contributed by atoms with E-state index in [2.05, 4.69) is 4.37 Å². The van der Waals surface area contributed by atoms with Crippen molar-refractivity contribution in [2.75, 3.05) is 13.7 Å². The Morgan fingerprint density at radius 2 is 2.46 bits per heavy atom. The van der Waals surface area contributed by atoms with E-state index in [-0.39, 0.29) is 5.92 Å². The van der Waals surface area contributed by atoms with Crippen molar-refractivity contribution in [2.45, 2.75) is 13.0 Å². The maximum absolute atomic E-state index is 9.80. The molecular formula is C8H14N2O2S. The first-order valence-electron chi connectivity index (χ1n) is 4.07. The van der Waals surface area contributed by atoms with Crippen molar-refractivity contribution in [3.8, 4) is 5.88 Å². The lowest BCUT2D eigenvalue weighted by Gasteiger charge is -2.16. The Labute approximate surface area is 81.5 Å². The van der Waals surface area contributed by atoms with E-state index in [1.807, 2.05) is 6.92 Å². The minimum absolute atomic E-state index is 0.0188. The van der Waals surface area contributed by atoms with Crippen LogP contribution in [0, 0.1) is 5.92 Å². The van der Waals surface area contributed by atoms with Gasteiger partial charge in [-0.15, -0.1) is 0 Å². The highest BCUT2D eigenvalue weighted by atomic mass is 32.1. The van der Waals surface area contributed by atoms with Gasteiger partial charge in [-0.25, -0.2) is 0 Å². The van der Waals surface area contributed by atoms with Crippen LogP contribution in [0.4, 0.5) is 0 Å². The van der Waals surface area contributed by atoms with E-state index in [0.717, 1.165) is 5.56 Å². The molecule has 0 saturated heterocycles. The Bertz CT molecular complexity index is 264. The summed E-state index contributed by atoms with van der Waals surface area (Å²) in [4.78, 5) is 0. The van der Waals surface area contributed by atoms with Gasteiger partial charge < -0.3 is 15.6 Å². The lowest BCUT2D eigenvalue weighted by molar-refractivity contribution is 0.118. The number of nitrogens with zero attached hydrogens (tertiary/aromatic N) is 1. The predicted octanol–water partition coefficient (Wildman–Crippen LogP) is 0.780. The molecule has 0 spiro atoms. The van der Waals surface area contributed by atoms with Gasteiger partial charge in [0.15, 0.2) is 0 Å². The highest BCUT2D eigenvalue weighted by molar-refractivity contribution is 7.03. The Balaban J connectivity index is 2.81. The van der Waals surface area contributed by atoms with Crippen LogP contribution in [0.2, 0.25) is 0 Å². The fraction of sp³-hybridized carbons (Fsp3) is 0.625. The fourth-order valence-corrected chi connectivity index (χ4v) is 1.70. The first kappa shape index (κ1) is 10.4. The van der Waals surface area contributed by atoms with E-state index in [9.17, 15) is 5.11 Å². The molecule has 4 nitrogen and oxygen atoms in total. The molecule has 2 atom stereocenters. The molecular weight excluding hydrogens is 188 g/mol. The third-order valence-corrected chi connectivity index (χ3v) is 2.62. The Morgan fingerprint density at radius 1 is 1.77 bits per heavy atom. The molecule has 0 bridgehead atoms. The highest BCUT2D eigenvalue weighted by Gasteiger charge is 2.20. The summed E-state index contributed by atoms with van der Waals surface area (Å²) in [5.74, 6) is 0.517. The van der Waals surface area contributed by atoms with Gasteiger partial charge in [-0.3, -0.25) is 0 Å². The van der Waals surface area contributed by atoms with E-state index in [4.69, 9.17) is 10.5 Å². The number of aromatic nitrogens is 1. The molecule has 13 heavy (non-hydrogen) atoms. The van der Waals surface area contributed by atoms with E-state index in [1.165, 1.54) is 11.5 Å². The van der Waals surface area contributed by atoms with Gasteiger partial charge in [-0.2, -0.15) is 4.37 Å². The van der Waals surface area contributed by atoms with Gasteiger partial charge in [0.25, 0.3) is 0 Å². The van der Waals surface area contributed by atoms with Gasteiger partial charge in [0.1, 0.15) is 0 Å². The molecule has 0 aliphatic heterocycles. The summed E-state index contributed by atoms with van der Waals surface area (Å²) >= 11 is 1.27. The topological polar surface area (TPSA) is 68.4 Å². The number of methoxy groups -OCH3 is 1. The average Bonchev–Trinajstić information content (AvgIpc) is 2.62. The Hall–Kier alpha value is -0.650. The number of rotatable bonds is 4. The van der Waals surface area contributed by atoms with Crippen LogP contribution >= 0.6 is 11.5 Å². The van der Waals surface area contributed by atoms with E-state index in [0.29, 0.717) is 12.4 Å². The molecule has 0 fully saturated rings. The van der Waals surface area contributed by atoms with E-state index in [1.54, 1.807) is 12.5 Å². The number of ether oxygens (including phenoxy) is 1. The summed E-state index contributed by atoms with van der Waals surface area (Å²) in [6.07, 6.45) is -0.585. The van der Waals surface area contributed by atoms with Crippen molar-refractivity contribution in [2.24, 2.45) is 11.7 Å². The number of hydrogen-bond donors (Lipinski definition) is 2. The SMILES string of the molecule is COc1nscc1C(O)C(C)CN. The quantitative estimate of drug-likeness (QED) is 0.757. The van der Waals surface area contributed by atoms with Gasteiger partial charge in [0.2, 0.25) is 5.88 Å². The number of aliphatic hydroxyl groups is 1. The largest absolute Gasteiger partial charge is 0.480 e. The molecule has 0 amide bonds. The van der Waals surface area contributed by atoms with Crippen molar-refractivity contribution in [3.05, 3.63) is 10.9 Å². The summed E-state index contributed by atoms with van der Waals surface area (Å²) in [5.41, 5.74) is 6.18. The lowest BCUT2D eigenvalue weighted by Crippen LogP contribution is -2.18. The van der Waals surface area contributed by atoms with Crippen molar-refractivity contribution in [3.63, 3.8) is 0 Å². The van der Waals surface area contributed by atoms with Gasteiger partial charge in [-0.05, 0) is 24.0 Å². The Morgan fingerprint density at radius 3 is 3.00 bits per heavy atom. The zero-order valence-corrected chi connectivity index (χ0v) is 8.54. The molecule has 0 radical (unpaired) electrons. The zero-order valence-electron chi connectivity index (χ0n) is 7.73. The molecule has 0 aliphatic rings. The van der Waals surface area contributed by atoms with Gasteiger partial charge in [0, 0.05) is 5.38 Å². The van der Waals surface area contributed by atoms with Crippen LogP contribution in [0.3, 0.4) is 0 Å². The lowest BCUT2D eigenvalue weighted by atomic mass is 10.0. The van der Waals surface area contributed by atoms with E-state index >= 15 is 0 Å². The standard InChI is InChI=1S/C8H14N2O2S/c1-5(3-9)7(11)6-4-13-10-8(6)12-2/h4-5,7,11H,3,9H2,1-2H3. The molecule has 5 heteroatoms. The van der Waals surface area contributed by atoms with Gasteiger partial charge in [0.05, 0.1) is 18.8 Å². The Kier molecular flexibility index (Phi) is 3.65. The number of aliphatic hydroxyl groups excluding tert-OH is 1. The molecule has 3 N–H and O–H groups in total. The van der Waals surface area contributed by atoms with Crippen LogP contribution in [0.5, 0.6) is 5.88 Å².